The van der Waals surface area contributed by atoms with Crippen LogP contribution in [0.2, 0.25) is 0 Å². The molecule has 0 spiro atoms. The van der Waals surface area contributed by atoms with Crippen molar-refractivity contribution in [3.8, 4) is 0 Å². The zero-order chi connectivity index (χ0) is 8.23. The van der Waals surface area contributed by atoms with Crippen molar-refractivity contribution in [3.05, 3.63) is 22.4 Å². The van der Waals surface area contributed by atoms with Crippen LogP contribution < -0.4 is 5.32 Å². The second-order valence-corrected chi connectivity index (χ2v) is 4.33. The molecule has 0 aromatic carbocycles. The van der Waals surface area contributed by atoms with E-state index >= 15 is 0 Å². The van der Waals surface area contributed by atoms with E-state index in [1.165, 1.54) is 37.9 Å². The van der Waals surface area contributed by atoms with Gasteiger partial charge in [-0.25, -0.2) is 0 Å². The Morgan fingerprint density at radius 1 is 1.50 bits per heavy atom. The highest BCUT2D eigenvalue weighted by Crippen LogP contribution is 2.15. The Balaban J connectivity index is 1.62. The first kappa shape index (κ1) is 8.27. The summed E-state index contributed by atoms with van der Waals surface area (Å²) >= 11 is 1.81. The molecular weight excluding hydrogens is 166 g/mol. The molecule has 1 aliphatic heterocycles. The standard InChI is InChI=1S/C10H15NS/c1(3-10-6-11-7-10)2-9-4-5-12-8-9/h4-5,8,10-11H,1-3,6-7H2. The van der Waals surface area contributed by atoms with Crippen LogP contribution in [0.25, 0.3) is 0 Å². The smallest absolute Gasteiger partial charge is 0.000825 e. The van der Waals surface area contributed by atoms with Crippen molar-refractivity contribution < 1.29 is 0 Å². The highest BCUT2D eigenvalue weighted by molar-refractivity contribution is 7.07. The van der Waals surface area contributed by atoms with Gasteiger partial charge in [0, 0.05) is 0 Å². The monoisotopic (exact) mass is 181 g/mol. The van der Waals surface area contributed by atoms with E-state index in [9.17, 15) is 0 Å². The van der Waals surface area contributed by atoms with Gasteiger partial charge in [0.15, 0.2) is 0 Å². The van der Waals surface area contributed by atoms with Gasteiger partial charge in [0.1, 0.15) is 0 Å². The van der Waals surface area contributed by atoms with Crippen molar-refractivity contribution in [2.24, 2.45) is 5.92 Å². The van der Waals surface area contributed by atoms with Crippen molar-refractivity contribution >= 4 is 11.3 Å². The SMILES string of the molecule is c1cc(CCCC2CNC2)cs1. The Labute approximate surface area is 77.8 Å². The van der Waals surface area contributed by atoms with Gasteiger partial charge in [-0.05, 0) is 60.7 Å². The first-order chi connectivity index (χ1) is 5.95. The number of thiophene rings is 1. The lowest BCUT2D eigenvalue weighted by Crippen LogP contribution is -2.41. The number of hydrogen-bond acceptors (Lipinski definition) is 2. The maximum Gasteiger partial charge on any atom is -0.000825 e. The largest absolute Gasteiger partial charge is 0.316 e. The van der Waals surface area contributed by atoms with Gasteiger partial charge in [0.25, 0.3) is 0 Å². The van der Waals surface area contributed by atoms with Crippen LogP contribution in [0.4, 0.5) is 0 Å². The van der Waals surface area contributed by atoms with Crippen molar-refractivity contribution in [3.63, 3.8) is 0 Å². The first-order valence-electron chi connectivity index (χ1n) is 4.67. The molecule has 0 unspecified atom stereocenters. The van der Waals surface area contributed by atoms with E-state index in [2.05, 4.69) is 22.1 Å². The Morgan fingerprint density at radius 2 is 2.42 bits per heavy atom. The maximum atomic E-state index is 3.31. The molecule has 1 aromatic heterocycles. The van der Waals surface area contributed by atoms with Gasteiger partial charge in [-0.2, -0.15) is 11.3 Å². The number of aryl methyl sites for hydroxylation is 1. The van der Waals surface area contributed by atoms with E-state index in [1.54, 1.807) is 11.3 Å². The zero-order valence-corrected chi connectivity index (χ0v) is 8.07. The molecule has 66 valence electrons. The van der Waals surface area contributed by atoms with Crippen LogP contribution in [0.1, 0.15) is 18.4 Å². The van der Waals surface area contributed by atoms with E-state index in [1.807, 2.05) is 0 Å². The summed E-state index contributed by atoms with van der Waals surface area (Å²) in [5.74, 6) is 0.976. The Hall–Kier alpha value is -0.340. The van der Waals surface area contributed by atoms with E-state index < -0.39 is 0 Å². The summed E-state index contributed by atoms with van der Waals surface area (Å²) in [7, 11) is 0. The third-order valence-electron chi connectivity index (χ3n) is 2.52. The van der Waals surface area contributed by atoms with Crippen LogP contribution in [-0.2, 0) is 6.42 Å². The molecule has 0 saturated carbocycles. The summed E-state index contributed by atoms with van der Waals surface area (Å²) in [5.41, 5.74) is 1.52. The topological polar surface area (TPSA) is 12.0 Å². The van der Waals surface area contributed by atoms with Crippen molar-refractivity contribution in [1.29, 1.82) is 0 Å². The lowest BCUT2D eigenvalue weighted by Gasteiger charge is -2.26. The molecule has 0 radical (unpaired) electrons. The van der Waals surface area contributed by atoms with Gasteiger partial charge in [-0.1, -0.05) is 0 Å². The fourth-order valence-electron chi connectivity index (χ4n) is 1.58. The van der Waals surface area contributed by atoms with Crippen molar-refractivity contribution in [2.75, 3.05) is 13.1 Å². The maximum absolute atomic E-state index is 3.31. The number of nitrogens with one attached hydrogen (secondary N) is 1. The summed E-state index contributed by atoms with van der Waals surface area (Å²) in [4.78, 5) is 0. The molecule has 1 aliphatic rings. The van der Waals surface area contributed by atoms with E-state index in [4.69, 9.17) is 0 Å². The second kappa shape index (κ2) is 4.06. The molecule has 2 heterocycles. The van der Waals surface area contributed by atoms with Gasteiger partial charge in [-0.3, -0.25) is 0 Å². The Bertz CT molecular complexity index is 214. The van der Waals surface area contributed by atoms with Gasteiger partial charge >= 0.3 is 0 Å². The number of hydrogen-bond donors (Lipinski definition) is 1. The minimum Gasteiger partial charge on any atom is -0.316 e. The zero-order valence-electron chi connectivity index (χ0n) is 7.25. The lowest BCUT2D eigenvalue weighted by atomic mass is 9.96. The molecule has 2 rings (SSSR count). The first-order valence-corrected chi connectivity index (χ1v) is 5.61. The van der Waals surface area contributed by atoms with Gasteiger partial charge in [-0.15, -0.1) is 0 Å². The molecule has 1 nitrogen and oxygen atoms in total. The third-order valence-corrected chi connectivity index (χ3v) is 3.26. The predicted molar refractivity (Wildman–Crippen MR) is 53.6 cm³/mol. The molecule has 1 aromatic rings. The average Bonchev–Trinajstić information content (AvgIpc) is 2.46. The highest BCUT2D eigenvalue weighted by Gasteiger charge is 2.15. The van der Waals surface area contributed by atoms with Crippen molar-refractivity contribution in [2.45, 2.75) is 19.3 Å². The minimum atomic E-state index is 0.976. The van der Waals surface area contributed by atoms with Crippen molar-refractivity contribution in [1.82, 2.24) is 5.32 Å². The van der Waals surface area contributed by atoms with E-state index in [0.717, 1.165) is 5.92 Å². The van der Waals surface area contributed by atoms with Gasteiger partial charge in [0.05, 0.1) is 0 Å². The van der Waals surface area contributed by atoms with Crippen LogP contribution in [0.15, 0.2) is 16.8 Å². The van der Waals surface area contributed by atoms with Crippen LogP contribution in [0.3, 0.4) is 0 Å². The molecule has 2 heteroatoms. The molecular formula is C10H15NS. The lowest BCUT2D eigenvalue weighted by molar-refractivity contribution is 0.321. The molecule has 0 atom stereocenters. The molecule has 1 fully saturated rings. The van der Waals surface area contributed by atoms with Gasteiger partial charge < -0.3 is 5.32 Å². The molecule has 12 heavy (non-hydrogen) atoms. The fourth-order valence-corrected chi connectivity index (χ4v) is 2.29. The minimum absolute atomic E-state index is 0.976. The normalized spacial score (nSPS) is 17.7. The van der Waals surface area contributed by atoms with Crippen LogP contribution in [0.5, 0.6) is 0 Å². The predicted octanol–water partition coefficient (Wildman–Crippen LogP) is 2.29. The molecule has 0 bridgehead atoms. The van der Waals surface area contributed by atoms with E-state index in [-0.39, 0.29) is 0 Å². The van der Waals surface area contributed by atoms with Crippen LogP contribution in [-0.4, -0.2) is 13.1 Å². The van der Waals surface area contributed by atoms with Crippen LogP contribution >= 0.6 is 11.3 Å². The van der Waals surface area contributed by atoms with E-state index in [0.29, 0.717) is 0 Å². The summed E-state index contributed by atoms with van der Waals surface area (Å²) in [5, 5.41) is 7.74. The average molecular weight is 181 g/mol. The summed E-state index contributed by atoms with van der Waals surface area (Å²) in [6, 6.07) is 2.24. The molecule has 1 saturated heterocycles. The highest BCUT2D eigenvalue weighted by atomic mass is 32.1. The quantitative estimate of drug-likeness (QED) is 0.751. The summed E-state index contributed by atoms with van der Waals surface area (Å²) < 4.78 is 0. The fraction of sp³-hybridized carbons (Fsp3) is 0.600. The Kier molecular flexibility index (Phi) is 2.79. The third kappa shape index (κ3) is 2.08. The molecule has 0 aliphatic carbocycles. The molecule has 0 amide bonds. The number of rotatable bonds is 4. The van der Waals surface area contributed by atoms with Gasteiger partial charge in [0.2, 0.25) is 0 Å². The van der Waals surface area contributed by atoms with Crippen LogP contribution in [0, 0.1) is 5.92 Å². The Morgan fingerprint density at radius 3 is 3.00 bits per heavy atom. The summed E-state index contributed by atoms with van der Waals surface area (Å²) in [6.45, 7) is 2.51. The molecule has 1 N–H and O–H groups in total. The summed E-state index contributed by atoms with van der Waals surface area (Å²) in [6.07, 6.45) is 4.05. The second-order valence-electron chi connectivity index (χ2n) is 3.55.